The summed E-state index contributed by atoms with van der Waals surface area (Å²) >= 11 is 0. The fourth-order valence-corrected chi connectivity index (χ4v) is 2.36. The molecule has 23 heavy (non-hydrogen) atoms. The summed E-state index contributed by atoms with van der Waals surface area (Å²) in [6.07, 6.45) is 0.921. The van der Waals surface area contributed by atoms with Crippen LogP contribution in [0.3, 0.4) is 0 Å². The first-order valence-corrected chi connectivity index (χ1v) is 8.87. The molecule has 6 heteroatoms. The van der Waals surface area contributed by atoms with Crippen LogP contribution in [0.2, 0.25) is 0 Å². The van der Waals surface area contributed by atoms with Crippen molar-refractivity contribution in [2.75, 3.05) is 53.1 Å². The van der Waals surface area contributed by atoms with Gasteiger partial charge in [-0.1, -0.05) is 0 Å². The Morgan fingerprint density at radius 1 is 1.04 bits per heavy atom. The zero-order valence-electron chi connectivity index (χ0n) is 16.0. The van der Waals surface area contributed by atoms with Crippen LogP contribution in [0.1, 0.15) is 41.0 Å². The smallest absolute Gasteiger partial charge is 0.191 e. The molecule has 0 spiro atoms. The van der Waals surface area contributed by atoms with Crippen molar-refractivity contribution in [1.29, 1.82) is 0 Å². The maximum atomic E-state index is 5.44. The minimum Gasteiger partial charge on any atom is -0.382 e. The Balaban J connectivity index is 4.02. The van der Waals surface area contributed by atoms with Gasteiger partial charge in [-0.15, -0.1) is 0 Å². The zero-order chi connectivity index (χ0) is 17.5. The lowest BCUT2D eigenvalue weighted by Crippen LogP contribution is -2.45. The van der Waals surface area contributed by atoms with Crippen LogP contribution < -0.4 is 10.6 Å². The molecule has 2 N–H and O–H groups in total. The Hall–Kier alpha value is -0.850. The highest BCUT2D eigenvalue weighted by Crippen LogP contribution is 2.03. The van der Waals surface area contributed by atoms with Crippen molar-refractivity contribution < 1.29 is 9.47 Å². The molecule has 0 amide bonds. The van der Waals surface area contributed by atoms with Gasteiger partial charge < -0.3 is 20.1 Å². The van der Waals surface area contributed by atoms with E-state index in [1.165, 1.54) is 0 Å². The zero-order valence-corrected chi connectivity index (χ0v) is 16.0. The summed E-state index contributed by atoms with van der Waals surface area (Å²) in [4.78, 5) is 7.05. The van der Waals surface area contributed by atoms with Crippen molar-refractivity contribution in [2.24, 2.45) is 4.99 Å². The molecule has 0 saturated carbocycles. The normalized spacial score (nSPS) is 12.5. The molecule has 0 radical (unpaired) electrons. The number of rotatable bonds is 13. The molecule has 0 aromatic rings. The highest BCUT2D eigenvalue weighted by Gasteiger charge is 2.12. The van der Waals surface area contributed by atoms with Crippen LogP contribution in [-0.2, 0) is 9.47 Å². The molecular formula is C17H38N4O2. The Morgan fingerprint density at radius 3 is 2.30 bits per heavy atom. The van der Waals surface area contributed by atoms with Crippen LogP contribution >= 0.6 is 0 Å². The molecule has 6 nitrogen and oxygen atoms in total. The molecule has 0 aliphatic heterocycles. The summed E-state index contributed by atoms with van der Waals surface area (Å²) in [5.41, 5.74) is 0. The van der Waals surface area contributed by atoms with Crippen molar-refractivity contribution >= 4 is 5.96 Å². The van der Waals surface area contributed by atoms with Gasteiger partial charge in [-0.3, -0.25) is 9.89 Å². The van der Waals surface area contributed by atoms with E-state index < -0.39 is 0 Å². The highest BCUT2D eigenvalue weighted by atomic mass is 16.5. The van der Waals surface area contributed by atoms with Gasteiger partial charge in [0.2, 0.25) is 0 Å². The number of guanidine groups is 1. The summed E-state index contributed by atoms with van der Waals surface area (Å²) in [7, 11) is 1.68. The van der Waals surface area contributed by atoms with Gasteiger partial charge in [-0.25, -0.2) is 0 Å². The predicted octanol–water partition coefficient (Wildman–Crippen LogP) is 1.71. The number of nitrogens with one attached hydrogen (secondary N) is 2. The molecule has 0 saturated heterocycles. The number of hydrogen-bond donors (Lipinski definition) is 2. The summed E-state index contributed by atoms with van der Waals surface area (Å²) in [6, 6.07) is 1.11. The Bertz CT molecular complexity index is 288. The van der Waals surface area contributed by atoms with E-state index in [2.05, 4.69) is 55.1 Å². The van der Waals surface area contributed by atoms with Gasteiger partial charge in [0.1, 0.15) is 0 Å². The lowest BCUT2D eigenvalue weighted by Gasteiger charge is -2.30. The second-order valence-corrected chi connectivity index (χ2v) is 6.07. The van der Waals surface area contributed by atoms with Gasteiger partial charge in [0.05, 0.1) is 13.2 Å². The predicted molar refractivity (Wildman–Crippen MR) is 98.3 cm³/mol. The third-order valence-corrected chi connectivity index (χ3v) is 3.48. The number of methoxy groups -OCH3 is 1. The fraction of sp³-hybridized carbons (Fsp3) is 0.941. The third-order valence-electron chi connectivity index (χ3n) is 3.48. The standard InChI is InChI=1S/C17H38N4O2/c1-7-18-17(19-9-8-12-23-14-13-22-6)20-10-11-21(15(2)3)16(4)5/h15-16H,7-14H2,1-6H3,(H2,18,19,20). The van der Waals surface area contributed by atoms with E-state index in [1.54, 1.807) is 7.11 Å². The van der Waals surface area contributed by atoms with Crippen molar-refractivity contribution in [2.45, 2.75) is 53.1 Å². The van der Waals surface area contributed by atoms with Crippen molar-refractivity contribution in [3.8, 4) is 0 Å². The minimum absolute atomic E-state index is 0.556. The molecule has 0 unspecified atom stereocenters. The van der Waals surface area contributed by atoms with E-state index in [4.69, 9.17) is 9.47 Å². The quantitative estimate of drug-likeness (QED) is 0.306. The van der Waals surface area contributed by atoms with Crippen LogP contribution in [0, 0.1) is 0 Å². The number of nitrogens with zero attached hydrogens (tertiary/aromatic N) is 2. The largest absolute Gasteiger partial charge is 0.382 e. The van der Waals surface area contributed by atoms with Crippen LogP contribution in [0.25, 0.3) is 0 Å². The molecular weight excluding hydrogens is 292 g/mol. The number of hydrogen-bond acceptors (Lipinski definition) is 4. The molecule has 0 aliphatic rings. The second-order valence-electron chi connectivity index (χ2n) is 6.07. The third kappa shape index (κ3) is 12.3. The summed E-state index contributed by atoms with van der Waals surface area (Å²) in [5.74, 6) is 0.886. The van der Waals surface area contributed by atoms with Crippen molar-refractivity contribution in [3.63, 3.8) is 0 Å². The molecule has 0 atom stereocenters. The number of ether oxygens (including phenoxy) is 2. The van der Waals surface area contributed by atoms with Crippen LogP contribution in [0.4, 0.5) is 0 Å². The number of aliphatic imine (C=N–C) groups is 1. The van der Waals surface area contributed by atoms with E-state index in [1.807, 2.05) is 0 Å². The van der Waals surface area contributed by atoms with E-state index >= 15 is 0 Å². The Morgan fingerprint density at radius 2 is 1.74 bits per heavy atom. The monoisotopic (exact) mass is 330 g/mol. The van der Waals surface area contributed by atoms with Gasteiger partial charge in [-0.05, 0) is 41.0 Å². The average Bonchev–Trinajstić information content (AvgIpc) is 2.49. The maximum Gasteiger partial charge on any atom is 0.191 e. The highest BCUT2D eigenvalue weighted by molar-refractivity contribution is 5.79. The molecule has 138 valence electrons. The minimum atomic E-state index is 0.556. The van der Waals surface area contributed by atoms with Gasteiger partial charge >= 0.3 is 0 Å². The van der Waals surface area contributed by atoms with Gasteiger partial charge in [0.25, 0.3) is 0 Å². The van der Waals surface area contributed by atoms with E-state index in [0.29, 0.717) is 25.3 Å². The van der Waals surface area contributed by atoms with Crippen LogP contribution in [-0.4, -0.2) is 76.1 Å². The van der Waals surface area contributed by atoms with Gasteiger partial charge in [0.15, 0.2) is 5.96 Å². The summed E-state index contributed by atoms with van der Waals surface area (Å²) < 4.78 is 10.4. The molecule has 0 bridgehead atoms. The maximum absolute atomic E-state index is 5.44. The average molecular weight is 331 g/mol. The molecule has 0 fully saturated rings. The summed E-state index contributed by atoms with van der Waals surface area (Å²) in [6.45, 7) is 16.6. The van der Waals surface area contributed by atoms with Gasteiger partial charge in [-0.2, -0.15) is 0 Å². The van der Waals surface area contributed by atoms with E-state index in [-0.39, 0.29) is 0 Å². The first-order valence-electron chi connectivity index (χ1n) is 8.87. The van der Waals surface area contributed by atoms with E-state index in [0.717, 1.165) is 45.2 Å². The van der Waals surface area contributed by atoms with Crippen molar-refractivity contribution in [1.82, 2.24) is 15.5 Å². The van der Waals surface area contributed by atoms with Crippen LogP contribution in [0.5, 0.6) is 0 Å². The molecule has 0 aliphatic carbocycles. The Labute approximate surface area is 143 Å². The first-order chi connectivity index (χ1) is 11.0. The SMILES string of the molecule is CCNC(=NCCCOCCOC)NCCN(C(C)C)C(C)C. The van der Waals surface area contributed by atoms with Crippen molar-refractivity contribution in [3.05, 3.63) is 0 Å². The molecule has 0 rings (SSSR count). The second kappa shape index (κ2) is 14.7. The van der Waals surface area contributed by atoms with Crippen LogP contribution in [0.15, 0.2) is 4.99 Å². The molecule has 0 heterocycles. The molecule has 0 aromatic heterocycles. The Kier molecular flexibility index (Phi) is 14.2. The first kappa shape index (κ1) is 22.1. The topological polar surface area (TPSA) is 58.1 Å². The lowest BCUT2D eigenvalue weighted by molar-refractivity contribution is 0.0702. The van der Waals surface area contributed by atoms with Gasteiger partial charge in [0, 0.05) is 52.0 Å². The lowest BCUT2D eigenvalue weighted by atomic mass is 10.2. The molecule has 0 aromatic carbocycles. The summed E-state index contributed by atoms with van der Waals surface area (Å²) in [5, 5.41) is 6.69. The fourth-order valence-electron chi connectivity index (χ4n) is 2.36. The van der Waals surface area contributed by atoms with E-state index in [9.17, 15) is 0 Å².